The van der Waals surface area contributed by atoms with Crippen LogP contribution in [0.5, 0.6) is 5.75 Å². The number of rotatable bonds is 5. The van der Waals surface area contributed by atoms with Crippen molar-refractivity contribution in [3.8, 4) is 5.75 Å². The van der Waals surface area contributed by atoms with Crippen LogP contribution in [0, 0.1) is 5.82 Å². The van der Waals surface area contributed by atoms with Crippen LogP contribution in [0.1, 0.15) is 11.1 Å². The fourth-order valence-electron chi connectivity index (χ4n) is 1.65. The van der Waals surface area contributed by atoms with Crippen molar-refractivity contribution in [1.82, 2.24) is 5.43 Å². The lowest BCUT2D eigenvalue weighted by molar-refractivity contribution is 0.408. The predicted molar refractivity (Wildman–Crippen MR) is 73.8 cm³/mol. The van der Waals surface area contributed by atoms with Crippen LogP contribution in [0.3, 0.4) is 0 Å². The number of nitrogens with one attached hydrogen (secondary N) is 1. The number of ether oxygens (including phenoxy) is 1. The van der Waals surface area contributed by atoms with Gasteiger partial charge in [0.1, 0.15) is 11.6 Å². The van der Waals surface area contributed by atoms with Crippen LogP contribution in [-0.4, -0.2) is 13.3 Å². The standard InChI is InChI=1S/C15H15FN2O/c1-19-15-5-3-2-4-13(15)11-18-17-10-12-6-8-14(16)9-7-12/h2-10,18H,11H2,1H3/b17-10-. The van der Waals surface area contributed by atoms with Gasteiger partial charge >= 0.3 is 0 Å². The molecule has 2 aromatic carbocycles. The minimum absolute atomic E-state index is 0.251. The van der Waals surface area contributed by atoms with Gasteiger partial charge in [-0.1, -0.05) is 30.3 Å². The third-order valence-corrected chi connectivity index (χ3v) is 2.64. The molecule has 0 radical (unpaired) electrons. The quantitative estimate of drug-likeness (QED) is 0.660. The number of methoxy groups -OCH3 is 1. The summed E-state index contributed by atoms with van der Waals surface area (Å²) in [5.74, 6) is 0.575. The fourth-order valence-corrected chi connectivity index (χ4v) is 1.65. The molecule has 0 atom stereocenters. The van der Waals surface area contributed by atoms with Gasteiger partial charge in [0.25, 0.3) is 0 Å². The molecule has 0 aliphatic rings. The number of benzene rings is 2. The first kappa shape index (κ1) is 13.1. The van der Waals surface area contributed by atoms with Crippen molar-refractivity contribution in [3.63, 3.8) is 0 Å². The van der Waals surface area contributed by atoms with Gasteiger partial charge in [-0.05, 0) is 23.8 Å². The number of hydrogen-bond donors (Lipinski definition) is 1. The average Bonchev–Trinajstić information content (AvgIpc) is 2.46. The monoisotopic (exact) mass is 258 g/mol. The van der Waals surface area contributed by atoms with Gasteiger partial charge in [-0.25, -0.2) is 4.39 Å². The Morgan fingerprint density at radius 1 is 1.16 bits per heavy atom. The molecule has 0 saturated heterocycles. The van der Waals surface area contributed by atoms with Crippen LogP contribution in [0.25, 0.3) is 0 Å². The summed E-state index contributed by atoms with van der Waals surface area (Å²) in [5.41, 5.74) is 4.81. The molecule has 0 aliphatic heterocycles. The van der Waals surface area contributed by atoms with E-state index in [4.69, 9.17) is 4.74 Å². The Hall–Kier alpha value is -2.36. The summed E-state index contributed by atoms with van der Waals surface area (Å²) in [5, 5.41) is 4.09. The molecule has 0 saturated carbocycles. The first-order chi connectivity index (χ1) is 9.29. The molecule has 0 aliphatic carbocycles. The highest BCUT2D eigenvalue weighted by molar-refractivity contribution is 5.79. The van der Waals surface area contributed by atoms with Crippen molar-refractivity contribution < 1.29 is 9.13 Å². The number of hydrazone groups is 1. The molecule has 0 spiro atoms. The third kappa shape index (κ3) is 3.81. The van der Waals surface area contributed by atoms with E-state index in [-0.39, 0.29) is 5.82 Å². The molecule has 98 valence electrons. The molecule has 2 aromatic rings. The van der Waals surface area contributed by atoms with Crippen LogP contribution >= 0.6 is 0 Å². The van der Waals surface area contributed by atoms with Gasteiger partial charge in [0.05, 0.1) is 19.9 Å². The second-order valence-corrected chi connectivity index (χ2v) is 3.96. The van der Waals surface area contributed by atoms with Gasteiger partial charge in [0, 0.05) is 5.56 Å². The molecule has 0 amide bonds. The van der Waals surface area contributed by atoms with Gasteiger partial charge in [-0.3, -0.25) is 0 Å². The van der Waals surface area contributed by atoms with Crippen LogP contribution in [0.15, 0.2) is 53.6 Å². The zero-order valence-electron chi connectivity index (χ0n) is 10.6. The summed E-state index contributed by atoms with van der Waals surface area (Å²) in [6.07, 6.45) is 1.65. The highest BCUT2D eigenvalue weighted by atomic mass is 19.1. The molecule has 1 N–H and O–H groups in total. The fraction of sp³-hybridized carbons (Fsp3) is 0.133. The summed E-state index contributed by atoms with van der Waals surface area (Å²) < 4.78 is 17.9. The SMILES string of the molecule is COc1ccccc1CN/N=C\c1ccc(F)cc1. The average molecular weight is 258 g/mol. The van der Waals surface area contributed by atoms with Crippen molar-refractivity contribution >= 4 is 6.21 Å². The topological polar surface area (TPSA) is 33.6 Å². The van der Waals surface area contributed by atoms with E-state index >= 15 is 0 Å². The van der Waals surface area contributed by atoms with E-state index in [1.807, 2.05) is 24.3 Å². The summed E-state index contributed by atoms with van der Waals surface area (Å²) >= 11 is 0. The highest BCUT2D eigenvalue weighted by Gasteiger charge is 1.99. The van der Waals surface area contributed by atoms with Crippen molar-refractivity contribution in [3.05, 3.63) is 65.5 Å². The van der Waals surface area contributed by atoms with E-state index in [2.05, 4.69) is 10.5 Å². The van der Waals surface area contributed by atoms with Gasteiger partial charge in [-0.2, -0.15) is 5.10 Å². The first-order valence-corrected chi connectivity index (χ1v) is 5.93. The van der Waals surface area contributed by atoms with Crippen LogP contribution in [0.4, 0.5) is 4.39 Å². The Morgan fingerprint density at radius 3 is 2.63 bits per heavy atom. The lowest BCUT2D eigenvalue weighted by Crippen LogP contribution is -2.06. The van der Waals surface area contributed by atoms with E-state index in [0.29, 0.717) is 6.54 Å². The number of hydrogen-bond acceptors (Lipinski definition) is 3. The maximum Gasteiger partial charge on any atom is 0.123 e. The molecule has 0 fully saturated rings. The van der Waals surface area contributed by atoms with Crippen molar-refractivity contribution in [2.75, 3.05) is 7.11 Å². The van der Waals surface area contributed by atoms with E-state index in [0.717, 1.165) is 16.9 Å². The van der Waals surface area contributed by atoms with Crippen LogP contribution in [0.2, 0.25) is 0 Å². The molecule has 19 heavy (non-hydrogen) atoms. The second-order valence-electron chi connectivity index (χ2n) is 3.96. The molecule has 0 bridgehead atoms. The van der Waals surface area contributed by atoms with Crippen molar-refractivity contribution in [2.24, 2.45) is 5.10 Å². The van der Waals surface area contributed by atoms with Crippen LogP contribution in [-0.2, 0) is 6.54 Å². The van der Waals surface area contributed by atoms with Crippen molar-refractivity contribution in [1.29, 1.82) is 0 Å². The lowest BCUT2D eigenvalue weighted by Gasteiger charge is -2.07. The molecule has 0 unspecified atom stereocenters. The van der Waals surface area contributed by atoms with Crippen LogP contribution < -0.4 is 10.2 Å². The minimum atomic E-state index is -0.251. The first-order valence-electron chi connectivity index (χ1n) is 5.93. The predicted octanol–water partition coefficient (Wildman–Crippen LogP) is 2.96. The Bertz CT molecular complexity index is 552. The van der Waals surface area contributed by atoms with E-state index in [1.165, 1.54) is 12.1 Å². The zero-order valence-corrected chi connectivity index (χ0v) is 10.6. The largest absolute Gasteiger partial charge is 0.496 e. The number of halogens is 1. The minimum Gasteiger partial charge on any atom is -0.496 e. The molecule has 2 rings (SSSR count). The Kier molecular flexibility index (Phi) is 4.50. The van der Waals surface area contributed by atoms with E-state index < -0.39 is 0 Å². The van der Waals surface area contributed by atoms with Gasteiger partial charge in [-0.15, -0.1) is 0 Å². The molecule has 4 heteroatoms. The molecular weight excluding hydrogens is 243 g/mol. The summed E-state index contributed by atoms with van der Waals surface area (Å²) in [6.45, 7) is 0.571. The zero-order chi connectivity index (χ0) is 13.5. The summed E-state index contributed by atoms with van der Waals surface area (Å²) in [6, 6.07) is 13.9. The second kappa shape index (κ2) is 6.54. The molecule has 3 nitrogen and oxygen atoms in total. The Labute approximate surface area is 111 Å². The smallest absolute Gasteiger partial charge is 0.123 e. The highest BCUT2D eigenvalue weighted by Crippen LogP contribution is 2.16. The van der Waals surface area contributed by atoms with Gasteiger partial charge in [0.15, 0.2) is 0 Å². The number of para-hydroxylation sites is 1. The lowest BCUT2D eigenvalue weighted by atomic mass is 10.2. The van der Waals surface area contributed by atoms with E-state index in [9.17, 15) is 4.39 Å². The Balaban J connectivity index is 1.91. The summed E-state index contributed by atoms with van der Waals surface area (Å²) in [4.78, 5) is 0. The van der Waals surface area contributed by atoms with Gasteiger partial charge in [0.2, 0.25) is 0 Å². The normalized spacial score (nSPS) is 10.6. The molecule has 0 aromatic heterocycles. The van der Waals surface area contributed by atoms with Crippen molar-refractivity contribution in [2.45, 2.75) is 6.54 Å². The maximum absolute atomic E-state index is 12.7. The third-order valence-electron chi connectivity index (χ3n) is 2.64. The maximum atomic E-state index is 12.7. The molecule has 0 heterocycles. The molecular formula is C15H15FN2O. The number of nitrogens with zero attached hydrogens (tertiary/aromatic N) is 1. The van der Waals surface area contributed by atoms with Gasteiger partial charge < -0.3 is 10.2 Å². The Morgan fingerprint density at radius 2 is 1.89 bits per heavy atom. The van der Waals surface area contributed by atoms with E-state index in [1.54, 1.807) is 25.5 Å². The summed E-state index contributed by atoms with van der Waals surface area (Å²) in [7, 11) is 1.64.